The number of carbonyl (C=O) groups excluding carboxylic acids is 2. The number of aryl methyl sites for hydroxylation is 2. The van der Waals surface area contributed by atoms with Crippen molar-refractivity contribution >= 4 is 17.5 Å². The largest absolute Gasteiger partial charge is 0.508 e. The molecule has 1 saturated heterocycles. The number of hydrogen-bond donors (Lipinski definition) is 2. The number of aromatic hydroxyl groups is 1. The lowest BCUT2D eigenvalue weighted by Gasteiger charge is -2.34. The van der Waals surface area contributed by atoms with E-state index >= 15 is 0 Å². The molecule has 0 aliphatic carbocycles. The third-order valence-electron chi connectivity index (χ3n) is 5.03. The molecule has 2 N–H and O–H groups in total. The number of phenols is 1. The van der Waals surface area contributed by atoms with Crippen LogP contribution in [0, 0.1) is 6.92 Å². The maximum atomic E-state index is 12.4. The van der Waals surface area contributed by atoms with Gasteiger partial charge in [-0.2, -0.15) is 0 Å². The topological polar surface area (TPSA) is 72.9 Å². The first-order valence-corrected chi connectivity index (χ1v) is 9.65. The highest BCUT2D eigenvalue weighted by molar-refractivity contribution is 5.92. The molecule has 1 aliphatic heterocycles. The lowest BCUT2D eigenvalue weighted by molar-refractivity contribution is -0.133. The van der Waals surface area contributed by atoms with Gasteiger partial charge in [0.15, 0.2) is 0 Å². The zero-order valence-electron chi connectivity index (χ0n) is 16.2. The summed E-state index contributed by atoms with van der Waals surface area (Å²) in [6, 6.07) is 14.8. The zero-order valence-corrected chi connectivity index (χ0v) is 16.2. The van der Waals surface area contributed by atoms with E-state index in [9.17, 15) is 14.7 Å². The van der Waals surface area contributed by atoms with E-state index in [0.29, 0.717) is 45.6 Å². The van der Waals surface area contributed by atoms with Crippen molar-refractivity contribution in [2.75, 3.05) is 38.0 Å². The first-order chi connectivity index (χ1) is 13.5. The van der Waals surface area contributed by atoms with Crippen molar-refractivity contribution in [3.8, 4) is 5.75 Å². The van der Waals surface area contributed by atoms with Crippen molar-refractivity contribution in [1.29, 1.82) is 0 Å². The molecule has 0 unspecified atom stereocenters. The molecule has 0 aromatic heterocycles. The smallest absolute Gasteiger partial charge is 0.238 e. The van der Waals surface area contributed by atoms with E-state index < -0.39 is 0 Å². The normalized spacial score (nSPS) is 14.7. The number of nitrogens with zero attached hydrogens (tertiary/aromatic N) is 2. The Morgan fingerprint density at radius 1 is 1.00 bits per heavy atom. The van der Waals surface area contributed by atoms with E-state index in [2.05, 4.69) is 10.2 Å². The number of para-hydroxylation sites is 1. The average Bonchev–Trinajstić information content (AvgIpc) is 2.69. The fourth-order valence-electron chi connectivity index (χ4n) is 3.32. The second kappa shape index (κ2) is 9.37. The summed E-state index contributed by atoms with van der Waals surface area (Å²) in [5, 5.41) is 12.7. The average molecular weight is 381 g/mol. The van der Waals surface area contributed by atoms with Gasteiger partial charge in [0.25, 0.3) is 0 Å². The second-order valence-electron chi connectivity index (χ2n) is 7.20. The van der Waals surface area contributed by atoms with E-state index in [-0.39, 0.29) is 17.6 Å². The van der Waals surface area contributed by atoms with Crippen LogP contribution in [-0.4, -0.2) is 59.4 Å². The minimum Gasteiger partial charge on any atom is -0.508 e. The highest BCUT2D eigenvalue weighted by Gasteiger charge is 2.22. The van der Waals surface area contributed by atoms with E-state index in [1.807, 2.05) is 48.2 Å². The predicted molar refractivity (Wildman–Crippen MR) is 109 cm³/mol. The number of hydrogen-bond acceptors (Lipinski definition) is 4. The maximum Gasteiger partial charge on any atom is 0.238 e. The Morgan fingerprint density at radius 2 is 1.68 bits per heavy atom. The van der Waals surface area contributed by atoms with Gasteiger partial charge in [-0.05, 0) is 37.1 Å². The van der Waals surface area contributed by atoms with E-state index in [4.69, 9.17) is 0 Å². The van der Waals surface area contributed by atoms with Crippen molar-refractivity contribution in [1.82, 2.24) is 9.80 Å². The summed E-state index contributed by atoms with van der Waals surface area (Å²) in [6.07, 6.45) is 0.913. The van der Waals surface area contributed by atoms with Crippen LogP contribution in [-0.2, 0) is 16.0 Å². The molecule has 0 saturated carbocycles. The summed E-state index contributed by atoms with van der Waals surface area (Å²) in [5.74, 6) is 0.287. The minimum atomic E-state index is -0.0387. The summed E-state index contributed by atoms with van der Waals surface area (Å²) in [7, 11) is 0. The lowest BCUT2D eigenvalue weighted by Crippen LogP contribution is -2.50. The van der Waals surface area contributed by atoms with Crippen LogP contribution >= 0.6 is 0 Å². The van der Waals surface area contributed by atoms with Gasteiger partial charge in [0, 0.05) is 38.3 Å². The van der Waals surface area contributed by atoms with E-state index in [1.54, 1.807) is 12.1 Å². The number of piperazine rings is 1. The number of nitrogens with one attached hydrogen (secondary N) is 1. The number of rotatable bonds is 6. The summed E-state index contributed by atoms with van der Waals surface area (Å²) < 4.78 is 0. The van der Waals surface area contributed by atoms with Crippen molar-refractivity contribution in [2.45, 2.75) is 19.8 Å². The van der Waals surface area contributed by atoms with Crippen LogP contribution in [0.15, 0.2) is 48.5 Å². The van der Waals surface area contributed by atoms with Gasteiger partial charge in [-0.25, -0.2) is 0 Å². The molecule has 1 fully saturated rings. The first kappa shape index (κ1) is 19.9. The molecule has 148 valence electrons. The molecule has 3 rings (SSSR count). The fraction of sp³-hybridized carbons (Fsp3) is 0.364. The van der Waals surface area contributed by atoms with Gasteiger partial charge in [-0.1, -0.05) is 35.9 Å². The van der Waals surface area contributed by atoms with Crippen LogP contribution < -0.4 is 5.32 Å². The molecule has 0 bridgehead atoms. The van der Waals surface area contributed by atoms with Crippen LogP contribution in [0.25, 0.3) is 0 Å². The number of amides is 2. The number of benzene rings is 2. The van der Waals surface area contributed by atoms with Crippen LogP contribution in [0.2, 0.25) is 0 Å². The molecule has 28 heavy (non-hydrogen) atoms. The van der Waals surface area contributed by atoms with Gasteiger partial charge < -0.3 is 15.3 Å². The summed E-state index contributed by atoms with van der Waals surface area (Å²) >= 11 is 0. The summed E-state index contributed by atoms with van der Waals surface area (Å²) in [4.78, 5) is 28.5. The van der Waals surface area contributed by atoms with Crippen LogP contribution in [0.1, 0.15) is 17.5 Å². The van der Waals surface area contributed by atoms with Gasteiger partial charge in [0.05, 0.1) is 6.54 Å². The molecule has 2 amide bonds. The van der Waals surface area contributed by atoms with E-state index in [0.717, 1.165) is 16.8 Å². The molecule has 1 aliphatic rings. The van der Waals surface area contributed by atoms with Crippen LogP contribution in [0.4, 0.5) is 5.69 Å². The van der Waals surface area contributed by atoms with Crippen molar-refractivity contribution in [3.05, 3.63) is 59.7 Å². The summed E-state index contributed by atoms with van der Waals surface area (Å²) in [5.41, 5.74) is 2.75. The van der Waals surface area contributed by atoms with Crippen molar-refractivity contribution < 1.29 is 14.7 Å². The Kier molecular flexibility index (Phi) is 6.66. The van der Waals surface area contributed by atoms with Crippen LogP contribution in [0.5, 0.6) is 5.75 Å². The molecule has 6 heteroatoms. The molecule has 1 heterocycles. The fourth-order valence-corrected chi connectivity index (χ4v) is 3.32. The number of anilines is 1. The Bertz CT molecular complexity index is 812. The van der Waals surface area contributed by atoms with Crippen molar-refractivity contribution in [3.63, 3.8) is 0 Å². The molecular weight excluding hydrogens is 354 g/mol. The van der Waals surface area contributed by atoms with Gasteiger partial charge in [-0.3, -0.25) is 14.5 Å². The van der Waals surface area contributed by atoms with Crippen LogP contribution in [0.3, 0.4) is 0 Å². The molecule has 6 nitrogen and oxygen atoms in total. The third kappa shape index (κ3) is 5.57. The standard InChI is InChI=1S/C22H27N3O3/c1-17-6-9-19(10-7-17)23-21(27)16-24-12-14-25(15-13-24)22(28)11-8-18-4-2-3-5-20(18)26/h2-7,9-10,26H,8,11-16H2,1H3,(H,23,27). The maximum absolute atomic E-state index is 12.4. The van der Waals surface area contributed by atoms with Gasteiger partial charge >= 0.3 is 0 Å². The lowest BCUT2D eigenvalue weighted by atomic mass is 10.1. The van der Waals surface area contributed by atoms with Gasteiger partial charge in [-0.15, -0.1) is 0 Å². The molecule has 0 spiro atoms. The third-order valence-corrected chi connectivity index (χ3v) is 5.03. The second-order valence-corrected chi connectivity index (χ2v) is 7.20. The highest BCUT2D eigenvalue weighted by Crippen LogP contribution is 2.18. The Hall–Kier alpha value is -2.86. The SMILES string of the molecule is Cc1ccc(NC(=O)CN2CCN(C(=O)CCc3ccccc3O)CC2)cc1. The number of phenolic OH excluding ortho intramolecular Hbond substituents is 1. The first-order valence-electron chi connectivity index (χ1n) is 9.65. The quantitative estimate of drug-likeness (QED) is 0.806. The summed E-state index contributed by atoms with van der Waals surface area (Å²) in [6.45, 7) is 4.95. The number of carbonyl (C=O) groups is 2. The zero-order chi connectivity index (χ0) is 19.9. The Labute approximate surface area is 165 Å². The van der Waals surface area contributed by atoms with E-state index in [1.165, 1.54) is 0 Å². The molecule has 2 aromatic rings. The molecular formula is C22H27N3O3. The van der Waals surface area contributed by atoms with Crippen molar-refractivity contribution in [2.24, 2.45) is 0 Å². The molecule has 0 radical (unpaired) electrons. The Balaban J connectivity index is 1.40. The Morgan fingerprint density at radius 3 is 2.36 bits per heavy atom. The monoisotopic (exact) mass is 381 g/mol. The highest BCUT2D eigenvalue weighted by atomic mass is 16.3. The van der Waals surface area contributed by atoms with Gasteiger partial charge in [0.1, 0.15) is 5.75 Å². The molecule has 0 atom stereocenters. The minimum absolute atomic E-state index is 0.0387. The van der Waals surface area contributed by atoms with Gasteiger partial charge in [0.2, 0.25) is 11.8 Å². The molecule has 2 aromatic carbocycles. The predicted octanol–water partition coefficient (Wildman–Crippen LogP) is 2.42.